The van der Waals surface area contributed by atoms with Gasteiger partial charge in [0.1, 0.15) is 5.76 Å². The summed E-state index contributed by atoms with van der Waals surface area (Å²) in [7, 11) is 1.78. The highest BCUT2D eigenvalue weighted by Crippen LogP contribution is 2.27. The molecule has 7 heteroatoms. The molecule has 1 amide bonds. The van der Waals surface area contributed by atoms with Gasteiger partial charge in [-0.05, 0) is 18.8 Å². The molecule has 0 spiro atoms. The summed E-state index contributed by atoms with van der Waals surface area (Å²) >= 11 is 6.02. The lowest BCUT2D eigenvalue weighted by molar-refractivity contribution is 0.0940. The molecule has 2 aromatic heterocycles. The van der Waals surface area contributed by atoms with Crippen LogP contribution in [0.5, 0.6) is 0 Å². The van der Waals surface area contributed by atoms with Crippen LogP contribution in [-0.4, -0.2) is 20.8 Å². The van der Waals surface area contributed by atoms with E-state index in [0.29, 0.717) is 23.2 Å². The fourth-order valence-electron chi connectivity index (χ4n) is 2.64. The van der Waals surface area contributed by atoms with Crippen LogP contribution in [0.4, 0.5) is 0 Å². The second kappa shape index (κ2) is 5.52. The summed E-state index contributed by atoms with van der Waals surface area (Å²) in [6, 6.07) is 0. The van der Waals surface area contributed by atoms with E-state index in [0.717, 1.165) is 36.3 Å². The first kappa shape index (κ1) is 14.1. The minimum atomic E-state index is -0.230. The van der Waals surface area contributed by atoms with Gasteiger partial charge in [-0.15, -0.1) is 0 Å². The van der Waals surface area contributed by atoms with Crippen LogP contribution in [0.1, 0.15) is 40.9 Å². The summed E-state index contributed by atoms with van der Waals surface area (Å²) < 4.78 is 6.93. The molecule has 112 valence electrons. The first-order chi connectivity index (χ1) is 10.1. The molecule has 1 aliphatic rings. The van der Waals surface area contributed by atoms with E-state index in [9.17, 15) is 4.79 Å². The lowest BCUT2D eigenvalue weighted by Crippen LogP contribution is -2.26. The van der Waals surface area contributed by atoms with Crippen molar-refractivity contribution in [2.24, 2.45) is 13.0 Å². The second-order valence-corrected chi connectivity index (χ2v) is 5.93. The molecule has 0 aliphatic heterocycles. The van der Waals surface area contributed by atoms with Crippen LogP contribution in [0.25, 0.3) is 0 Å². The molecule has 0 fully saturated rings. The molecule has 6 nitrogen and oxygen atoms in total. The standard InChI is InChI=1S/C14H17ClN4O2/c1-8-3-4-12-9(5-8)13(18-21-12)14(20)16-7-11-10(15)6-17-19(11)2/h6,8H,3-5,7H2,1-2H3,(H,16,20). The van der Waals surface area contributed by atoms with Crippen molar-refractivity contribution in [3.05, 3.63) is 33.9 Å². The quantitative estimate of drug-likeness (QED) is 0.942. The highest BCUT2D eigenvalue weighted by Gasteiger charge is 2.26. The number of carbonyl (C=O) groups excluding carboxylic acids is 1. The Bertz CT molecular complexity index is 657. The van der Waals surface area contributed by atoms with Crippen LogP contribution in [-0.2, 0) is 26.4 Å². The van der Waals surface area contributed by atoms with E-state index in [4.69, 9.17) is 16.1 Å². The zero-order chi connectivity index (χ0) is 15.0. The molecule has 1 atom stereocenters. The number of nitrogens with one attached hydrogen (secondary N) is 1. The number of nitrogens with zero attached hydrogens (tertiary/aromatic N) is 3. The molecule has 1 aliphatic carbocycles. The minimum absolute atomic E-state index is 0.230. The largest absolute Gasteiger partial charge is 0.360 e. The first-order valence-electron chi connectivity index (χ1n) is 6.98. The van der Waals surface area contributed by atoms with E-state index in [2.05, 4.69) is 22.5 Å². The number of fused-ring (bicyclic) bond motifs is 1. The van der Waals surface area contributed by atoms with Crippen molar-refractivity contribution in [3.63, 3.8) is 0 Å². The van der Waals surface area contributed by atoms with Gasteiger partial charge in [-0.1, -0.05) is 23.7 Å². The van der Waals surface area contributed by atoms with Crippen molar-refractivity contribution < 1.29 is 9.32 Å². The molecule has 0 aromatic carbocycles. The number of rotatable bonds is 3. The first-order valence-corrected chi connectivity index (χ1v) is 7.36. The Morgan fingerprint density at radius 3 is 3.14 bits per heavy atom. The molecular weight excluding hydrogens is 292 g/mol. The average Bonchev–Trinajstić information content (AvgIpc) is 3.00. The maximum absolute atomic E-state index is 12.3. The van der Waals surface area contributed by atoms with E-state index in [1.807, 2.05) is 0 Å². The van der Waals surface area contributed by atoms with Gasteiger partial charge in [0.05, 0.1) is 23.5 Å². The maximum Gasteiger partial charge on any atom is 0.274 e. The number of aromatic nitrogens is 3. The molecule has 0 bridgehead atoms. The Morgan fingerprint density at radius 1 is 1.62 bits per heavy atom. The predicted octanol–water partition coefficient (Wildman–Crippen LogP) is 2.12. The van der Waals surface area contributed by atoms with Crippen LogP contribution >= 0.6 is 11.6 Å². The Labute approximate surface area is 127 Å². The molecule has 3 rings (SSSR count). The molecule has 2 heterocycles. The fourth-order valence-corrected chi connectivity index (χ4v) is 2.87. The molecule has 21 heavy (non-hydrogen) atoms. The number of aryl methyl sites for hydroxylation is 2. The van der Waals surface area contributed by atoms with Crippen molar-refractivity contribution in [2.45, 2.75) is 32.7 Å². The molecule has 0 saturated carbocycles. The van der Waals surface area contributed by atoms with Gasteiger partial charge in [-0.2, -0.15) is 5.10 Å². The van der Waals surface area contributed by atoms with Crippen LogP contribution in [0.3, 0.4) is 0 Å². The minimum Gasteiger partial charge on any atom is -0.360 e. The zero-order valence-corrected chi connectivity index (χ0v) is 12.8. The molecule has 1 unspecified atom stereocenters. The summed E-state index contributed by atoms with van der Waals surface area (Å²) in [6.07, 6.45) is 4.33. The van der Waals surface area contributed by atoms with Gasteiger partial charge in [-0.3, -0.25) is 9.48 Å². The van der Waals surface area contributed by atoms with Crippen LogP contribution < -0.4 is 5.32 Å². The van der Waals surface area contributed by atoms with Crippen LogP contribution in [0.15, 0.2) is 10.7 Å². The molecular formula is C14H17ClN4O2. The van der Waals surface area contributed by atoms with Gasteiger partial charge in [0.15, 0.2) is 5.69 Å². The number of amides is 1. The highest BCUT2D eigenvalue weighted by molar-refractivity contribution is 6.31. The lowest BCUT2D eigenvalue weighted by Gasteiger charge is -2.16. The zero-order valence-electron chi connectivity index (χ0n) is 12.0. The Morgan fingerprint density at radius 2 is 2.43 bits per heavy atom. The Balaban J connectivity index is 1.73. The number of hydrogen-bond acceptors (Lipinski definition) is 4. The smallest absolute Gasteiger partial charge is 0.274 e. The summed E-state index contributed by atoms with van der Waals surface area (Å²) in [5, 5.41) is 11.3. The van der Waals surface area contributed by atoms with E-state index in [1.54, 1.807) is 17.9 Å². The third kappa shape index (κ3) is 2.68. The SMILES string of the molecule is CC1CCc2onc(C(=O)NCc3c(Cl)cnn3C)c2C1. The van der Waals surface area contributed by atoms with Gasteiger partial charge in [0, 0.05) is 19.0 Å². The molecule has 0 saturated heterocycles. The van der Waals surface area contributed by atoms with E-state index in [-0.39, 0.29) is 5.91 Å². The Hall–Kier alpha value is -1.82. The van der Waals surface area contributed by atoms with Crippen molar-refractivity contribution in [1.82, 2.24) is 20.3 Å². The topological polar surface area (TPSA) is 73.0 Å². The third-order valence-electron chi connectivity index (χ3n) is 3.93. The van der Waals surface area contributed by atoms with Crippen LogP contribution in [0, 0.1) is 5.92 Å². The van der Waals surface area contributed by atoms with Gasteiger partial charge >= 0.3 is 0 Å². The third-order valence-corrected chi connectivity index (χ3v) is 4.24. The second-order valence-electron chi connectivity index (χ2n) is 5.53. The summed E-state index contributed by atoms with van der Waals surface area (Å²) in [5.41, 5.74) is 2.10. The maximum atomic E-state index is 12.3. The summed E-state index contributed by atoms with van der Waals surface area (Å²) in [4.78, 5) is 12.3. The average molecular weight is 309 g/mol. The van der Waals surface area contributed by atoms with Gasteiger partial charge in [0.25, 0.3) is 5.91 Å². The molecule has 2 aromatic rings. The number of halogens is 1. The van der Waals surface area contributed by atoms with E-state index in [1.165, 1.54) is 0 Å². The highest BCUT2D eigenvalue weighted by atomic mass is 35.5. The fraction of sp³-hybridized carbons (Fsp3) is 0.500. The van der Waals surface area contributed by atoms with Crippen molar-refractivity contribution in [2.75, 3.05) is 0 Å². The van der Waals surface area contributed by atoms with Gasteiger partial charge in [-0.25, -0.2) is 0 Å². The van der Waals surface area contributed by atoms with Crippen molar-refractivity contribution >= 4 is 17.5 Å². The van der Waals surface area contributed by atoms with Gasteiger partial charge < -0.3 is 9.84 Å². The monoisotopic (exact) mass is 308 g/mol. The van der Waals surface area contributed by atoms with Crippen LogP contribution in [0.2, 0.25) is 5.02 Å². The number of carbonyl (C=O) groups is 1. The van der Waals surface area contributed by atoms with E-state index >= 15 is 0 Å². The van der Waals surface area contributed by atoms with Gasteiger partial charge in [0.2, 0.25) is 0 Å². The van der Waals surface area contributed by atoms with E-state index < -0.39 is 0 Å². The normalized spacial score (nSPS) is 17.6. The predicted molar refractivity (Wildman–Crippen MR) is 77.1 cm³/mol. The summed E-state index contributed by atoms with van der Waals surface area (Å²) in [6.45, 7) is 2.48. The Kier molecular flexibility index (Phi) is 3.71. The molecule has 1 N–H and O–H groups in total. The van der Waals surface area contributed by atoms with Crippen molar-refractivity contribution in [1.29, 1.82) is 0 Å². The number of hydrogen-bond donors (Lipinski definition) is 1. The molecule has 0 radical (unpaired) electrons. The van der Waals surface area contributed by atoms with Crippen molar-refractivity contribution in [3.8, 4) is 0 Å². The summed E-state index contributed by atoms with van der Waals surface area (Å²) in [5.74, 6) is 1.16. The lowest BCUT2D eigenvalue weighted by atomic mass is 9.88.